The summed E-state index contributed by atoms with van der Waals surface area (Å²) < 4.78 is 25.3. The summed E-state index contributed by atoms with van der Waals surface area (Å²) in [5.74, 6) is 0.255. The second-order valence-electron chi connectivity index (χ2n) is 10.4. The van der Waals surface area contributed by atoms with Gasteiger partial charge in [-0.25, -0.2) is 14.4 Å². The van der Waals surface area contributed by atoms with E-state index in [-0.39, 0.29) is 17.0 Å². The number of hydrogen-bond donors (Lipinski definition) is 2. The first-order valence-corrected chi connectivity index (χ1v) is 13.3. The fraction of sp³-hybridized carbons (Fsp3) is 0.393. The Bertz CT molecular complexity index is 1380. The van der Waals surface area contributed by atoms with Crippen molar-refractivity contribution in [2.24, 2.45) is 5.41 Å². The van der Waals surface area contributed by atoms with Crippen molar-refractivity contribution >= 4 is 45.6 Å². The second-order valence-corrected chi connectivity index (χ2v) is 10.8. The van der Waals surface area contributed by atoms with Gasteiger partial charge in [-0.2, -0.15) is 0 Å². The average Bonchev–Trinajstić information content (AvgIpc) is 3.35. The molecule has 3 heterocycles. The summed E-state index contributed by atoms with van der Waals surface area (Å²) in [5.41, 5.74) is 2.26. The number of ether oxygens (including phenoxy) is 2. The van der Waals surface area contributed by atoms with Crippen LogP contribution in [0.1, 0.15) is 25.7 Å². The molecule has 1 aromatic heterocycles. The topological polar surface area (TPSA) is 88.6 Å². The molecule has 1 amide bonds. The van der Waals surface area contributed by atoms with Crippen molar-refractivity contribution in [3.8, 4) is 5.75 Å². The third kappa shape index (κ3) is 5.32. The van der Waals surface area contributed by atoms with Gasteiger partial charge in [0, 0.05) is 49.3 Å². The van der Waals surface area contributed by atoms with Gasteiger partial charge in [0.2, 0.25) is 5.91 Å². The molecule has 3 fully saturated rings. The first-order valence-electron chi connectivity index (χ1n) is 12.9. The van der Waals surface area contributed by atoms with Gasteiger partial charge < -0.3 is 20.1 Å². The first kappa shape index (κ1) is 25.0. The molecule has 1 unspecified atom stereocenters. The highest BCUT2D eigenvalue weighted by Crippen LogP contribution is 2.47. The van der Waals surface area contributed by atoms with Gasteiger partial charge in [0.05, 0.1) is 29.4 Å². The molecule has 6 rings (SSSR count). The Balaban J connectivity index is 1.23. The van der Waals surface area contributed by atoms with E-state index in [1.165, 1.54) is 37.7 Å². The van der Waals surface area contributed by atoms with Crippen LogP contribution in [-0.2, 0) is 9.53 Å². The molecule has 0 radical (unpaired) electrons. The number of benzene rings is 2. The zero-order chi connectivity index (χ0) is 26.1. The second kappa shape index (κ2) is 10.5. The number of hydrogen-bond acceptors (Lipinski definition) is 7. The molecule has 2 aliphatic heterocycles. The van der Waals surface area contributed by atoms with Gasteiger partial charge in [-0.1, -0.05) is 24.1 Å². The molecule has 198 valence electrons. The summed E-state index contributed by atoms with van der Waals surface area (Å²) in [5, 5.41) is 6.80. The predicted octanol–water partition coefficient (Wildman–Crippen LogP) is 5.31. The Morgan fingerprint density at radius 3 is 2.87 bits per heavy atom. The fourth-order valence-corrected chi connectivity index (χ4v) is 5.56. The predicted molar refractivity (Wildman–Crippen MR) is 145 cm³/mol. The van der Waals surface area contributed by atoms with Gasteiger partial charge in [-0.3, -0.25) is 9.69 Å². The number of fused-ring (bicyclic) bond motifs is 1. The molecule has 1 saturated carbocycles. The number of nitrogens with zero attached hydrogens (tertiary/aromatic N) is 3. The third-order valence-electron chi connectivity index (χ3n) is 7.52. The molecule has 10 heteroatoms. The summed E-state index contributed by atoms with van der Waals surface area (Å²) in [6, 6.07) is 7.92. The smallest absolute Gasteiger partial charge is 0.248 e. The lowest BCUT2D eigenvalue weighted by Crippen LogP contribution is -2.59. The van der Waals surface area contributed by atoms with Crippen molar-refractivity contribution in [2.45, 2.75) is 31.8 Å². The van der Waals surface area contributed by atoms with E-state index in [0.29, 0.717) is 52.5 Å². The number of likely N-dealkylation sites (tertiary alicyclic amines) is 1. The molecule has 3 aliphatic rings. The van der Waals surface area contributed by atoms with Gasteiger partial charge >= 0.3 is 0 Å². The van der Waals surface area contributed by atoms with Gasteiger partial charge in [-0.15, -0.1) is 0 Å². The van der Waals surface area contributed by atoms with Crippen LogP contribution in [0.15, 0.2) is 48.8 Å². The highest BCUT2D eigenvalue weighted by atomic mass is 35.5. The molecule has 1 aliphatic carbocycles. The van der Waals surface area contributed by atoms with Crippen molar-refractivity contribution in [2.75, 3.05) is 43.5 Å². The van der Waals surface area contributed by atoms with Crippen LogP contribution in [-0.4, -0.2) is 59.7 Å². The molecule has 2 N–H and O–H groups in total. The SMILES string of the molecule is O=C(C=CCN1CC2(CCC2)C1)Nc1cc2c(Nc3ccc(F)c(Cl)c3)ncnc2cc1OC1CCOC1. The Hall–Kier alpha value is -3.27. The average molecular weight is 538 g/mol. The van der Waals surface area contributed by atoms with Crippen LogP contribution in [0.3, 0.4) is 0 Å². The lowest BCUT2D eigenvalue weighted by atomic mass is 9.63. The first-order chi connectivity index (χ1) is 18.5. The van der Waals surface area contributed by atoms with E-state index in [9.17, 15) is 9.18 Å². The number of nitrogens with one attached hydrogen (secondary N) is 2. The molecular formula is C28H29ClFN5O3. The number of halogens is 2. The summed E-state index contributed by atoms with van der Waals surface area (Å²) in [6.45, 7) is 4.14. The van der Waals surface area contributed by atoms with E-state index >= 15 is 0 Å². The Morgan fingerprint density at radius 2 is 2.13 bits per heavy atom. The van der Waals surface area contributed by atoms with E-state index in [4.69, 9.17) is 21.1 Å². The number of aromatic nitrogens is 2. The summed E-state index contributed by atoms with van der Waals surface area (Å²) in [6.07, 6.45) is 9.58. The maximum atomic E-state index is 13.6. The van der Waals surface area contributed by atoms with Crippen LogP contribution in [0.2, 0.25) is 5.02 Å². The minimum atomic E-state index is -0.503. The minimum Gasteiger partial charge on any atom is -0.486 e. The lowest BCUT2D eigenvalue weighted by molar-refractivity contribution is -0.112. The van der Waals surface area contributed by atoms with Gasteiger partial charge in [0.1, 0.15) is 29.8 Å². The maximum absolute atomic E-state index is 13.6. The van der Waals surface area contributed by atoms with Crippen LogP contribution in [0.4, 0.5) is 21.6 Å². The van der Waals surface area contributed by atoms with Crippen molar-refractivity contribution in [3.63, 3.8) is 0 Å². The monoisotopic (exact) mass is 537 g/mol. The molecule has 1 spiro atoms. The maximum Gasteiger partial charge on any atom is 0.248 e. The van der Waals surface area contributed by atoms with Crippen LogP contribution in [0.5, 0.6) is 5.75 Å². The minimum absolute atomic E-state index is 0.00338. The van der Waals surface area contributed by atoms with Crippen LogP contribution >= 0.6 is 11.6 Å². The number of amides is 1. The number of carbonyl (C=O) groups is 1. The highest BCUT2D eigenvalue weighted by molar-refractivity contribution is 6.31. The Morgan fingerprint density at radius 1 is 1.26 bits per heavy atom. The summed E-state index contributed by atoms with van der Waals surface area (Å²) in [7, 11) is 0. The molecule has 2 saturated heterocycles. The van der Waals surface area contributed by atoms with Gasteiger partial charge in [-0.05, 0) is 42.5 Å². The van der Waals surface area contributed by atoms with E-state index < -0.39 is 5.82 Å². The largest absolute Gasteiger partial charge is 0.486 e. The van der Waals surface area contributed by atoms with E-state index in [1.54, 1.807) is 24.3 Å². The molecular weight excluding hydrogens is 509 g/mol. The molecule has 3 aromatic rings. The fourth-order valence-electron chi connectivity index (χ4n) is 5.38. The van der Waals surface area contributed by atoms with Crippen molar-refractivity contribution < 1.29 is 18.7 Å². The molecule has 0 bridgehead atoms. The summed E-state index contributed by atoms with van der Waals surface area (Å²) in [4.78, 5) is 24.0. The molecule has 38 heavy (non-hydrogen) atoms. The summed E-state index contributed by atoms with van der Waals surface area (Å²) >= 11 is 5.95. The van der Waals surface area contributed by atoms with Crippen LogP contribution < -0.4 is 15.4 Å². The normalized spacial score (nSPS) is 20.4. The van der Waals surface area contributed by atoms with E-state index in [2.05, 4.69) is 25.5 Å². The Kier molecular flexibility index (Phi) is 6.90. The highest BCUT2D eigenvalue weighted by Gasteiger charge is 2.46. The molecule has 8 nitrogen and oxygen atoms in total. The van der Waals surface area contributed by atoms with E-state index in [1.807, 2.05) is 6.08 Å². The van der Waals surface area contributed by atoms with Gasteiger partial charge in [0.15, 0.2) is 0 Å². The van der Waals surface area contributed by atoms with Crippen LogP contribution in [0.25, 0.3) is 10.9 Å². The van der Waals surface area contributed by atoms with Gasteiger partial charge in [0.25, 0.3) is 0 Å². The number of rotatable bonds is 8. The van der Waals surface area contributed by atoms with Crippen LogP contribution in [0, 0.1) is 11.2 Å². The number of carbonyl (C=O) groups excluding carboxylic acids is 1. The van der Waals surface area contributed by atoms with Crippen molar-refractivity contribution in [3.05, 3.63) is 59.7 Å². The quantitative estimate of drug-likeness (QED) is 0.376. The lowest BCUT2D eigenvalue weighted by Gasteiger charge is -2.56. The molecule has 2 aromatic carbocycles. The zero-order valence-corrected chi connectivity index (χ0v) is 21.6. The Labute approximate surface area is 225 Å². The number of anilines is 3. The zero-order valence-electron chi connectivity index (χ0n) is 20.9. The van der Waals surface area contributed by atoms with E-state index in [0.717, 1.165) is 26.1 Å². The standard InChI is InChI=1S/C28H29ClFN5O3/c29-21-11-18(4-5-22(21)30)33-27-20-12-24(25(13-23(20)31-17-32-27)38-19-6-10-37-14-19)34-26(36)3-1-9-35-15-28(16-35)7-2-8-28/h1,3-5,11-13,17,19H,2,6-10,14-16H2,(H,34,36)(H,31,32,33). The third-order valence-corrected chi connectivity index (χ3v) is 7.81. The molecule has 1 atom stereocenters. The van der Waals surface area contributed by atoms with Crippen molar-refractivity contribution in [1.82, 2.24) is 14.9 Å². The van der Waals surface area contributed by atoms with Crippen molar-refractivity contribution in [1.29, 1.82) is 0 Å².